The van der Waals surface area contributed by atoms with Gasteiger partial charge in [-0.1, -0.05) is 60.7 Å². The molecule has 8 nitrogen and oxygen atoms in total. The van der Waals surface area contributed by atoms with Gasteiger partial charge in [0.25, 0.3) is 16.0 Å². The van der Waals surface area contributed by atoms with Gasteiger partial charge in [-0.15, -0.1) is 9.35 Å². The number of hydroxylamine groups is 2. The molecular formula is C22H20N4O4S. The molecule has 3 rings (SSSR count). The summed E-state index contributed by atoms with van der Waals surface area (Å²) in [6.45, 7) is 0. The van der Waals surface area contributed by atoms with Crippen LogP contribution in [0.3, 0.4) is 0 Å². The van der Waals surface area contributed by atoms with Gasteiger partial charge in [0.15, 0.2) is 0 Å². The van der Waals surface area contributed by atoms with Crippen LogP contribution in [0.15, 0.2) is 79.1 Å². The Balaban J connectivity index is 2.17. The summed E-state index contributed by atoms with van der Waals surface area (Å²) in [6.07, 6.45) is 5.34. The van der Waals surface area contributed by atoms with Crippen molar-refractivity contribution in [3.63, 3.8) is 0 Å². The highest BCUT2D eigenvalue weighted by Crippen LogP contribution is 2.28. The summed E-state index contributed by atoms with van der Waals surface area (Å²) in [5.74, 6) is -1.80. The van der Waals surface area contributed by atoms with E-state index in [0.717, 1.165) is 17.4 Å². The first-order valence-corrected chi connectivity index (χ1v) is 10.9. The molecular weight excluding hydrogens is 416 g/mol. The van der Waals surface area contributed by atoms with E-state index in [9.17, 15) is 13.2 Å². The average Bonchev–Trinajstić information content (AvgIpc) is 2.76. The van der Waals surface area contributed by atoms with Crippen LogP contribution >= 0.6 is 0 Å². The van der Waals surface area contributed by atoms with Crippen LogP contribution < -0.4 is 5.73 Å². The molecule has 1 amide bonds. The molecule has 0 aliphatic carbocycles. The fraction of sp³-hybridized carbons (Fsp3) is 0.0455. The minimum Gasteiger partial charge on any atom is -0.368 e. The number of hydrogen-bond donors (Lipinski definition) is 2. The summed E-state index contributed by atoms with van der Waals surface area (Å²) in [7, 11) is -4.11. The number of aromatic nitrogens is 1. The molecule has 0 fully saturated rings. The lowest BCUT2D eigenvalue weighted by Gasteiger charge is -2.20. The highest BCUT2D eigenvalue weighted by molar-refractivity contribution is 7.85. The van der Waals surface area contributed by atoms with E-state index < -0.39 is 22.0 Å². The van der Waals surface area contributed by atoms with Gasteiger partial charge >= 0.3 is 0 Å². The van der Waals surface area contributed by atoms with Crippen LogP contribution in [0.2, 0.25) is 0 Å². The predicted octanol–water partition coefficient (Wildman–Crippen LogP) is 2.90. The van der Waals surface area contributed by atoms with Gasteiger partial charge < -0.3 is 5.73 Å². The van der Waals surface area contributed by atoms with Gasteiger partial charge in [-0.05, 0) is 28.8 Å². The maximum atomic E-state index is 13.2. The lowest BCUT2D eigenvalue weighted by atomic mass is 9.96. The number of nitrogens with zero attached hydrogens (tertiary/aromatic N) is 2. The van der Waals surface area contributed by atoms with E-state index in [1.807, 2.05) is 54.6 Å². The zero-order valence-corrected chi connectivity index (χ0v) is 17.4. The first kappa shape index (κ1) is 21.9. The Morgan fingerprint density at radius 1 is 1.06 bits per heavy atom. The van der Waals surface area contributed by atoms with Gasteiger partial charge in [0.1, 0.15) is 0 Å². The molecule has 3 aromatic rings. The smallest absolute Gasteiger partial charge is 0.286 e. The normalized spacial score (nSPS) is 11.7. The number of benzene rings is 2. The molecule has 3 N–H and O–H groups in total. The summed E-state index contributed by atoms with van der Waals surface area (Å²) in [6, 6.07) is 20.3. The van der Waals surface area contributed by atoms with Crippen LogP contribution in [0.25, 0.3) is 22.8 Å². The molecule has 0 saturated carbocycles. The zero-order valence-electron chi connectivity index (χ0n) is 16.6. The van der Waals surface area contributed by atoms with Crippen LogP contribution in [0.1, 0.15) is 11.1 Å². The number of pyridine rings is 1. The summed E-state index contributed by atoms with van der Waals surface area (Å²) in [5.41, 5.74) is 8.37. The van der Waals surface area contributed by atoms with E-state index in [1.54, 1.807) is 24.4 Å². The lowest BCUT2D eigenvalue weighted by molar-refractivity contribution is -0.137. The van der Waals surface area contributed by atoms with E-state index in [2.05, 4.69) is 9.27 Å². The van der Waals surface area contributed by atoms with Crippen LogP contribution in [-0.4, -0.2) is 36.6 Å². The van der Waals surface area contributed by atoms with Crippen LogP contribution in [-0.2, 0) is 19.2 Å². The molecule has 0 bridgehead atoms. The molecule has 158 valence electrons. The zero-order chi connectivity index (χ0) is 22.4. The second-order valence-corrected chi connectivity index (χ2v) is 8.07. The Morgan fingerprint density at radius 2 is 1.74 bits per heavy atom. The van der Waals surface area contributed by atoms with Crippen molar-refractivity contribution in [1.29, 1.82) is 5.41 Å². The van der Waals surface area contributed by atoms with Crippen molar-refractivity contribution in [3.05, 3.63) is 90.3 Å². The number of nitrogens with two attached hydrogens (primary N) is 1. The number of rotatable bonds is 6. The minimum absolute atomic E-state index is 0.0512. The van der Waals surface area contributed by atoms with E-state index in [-0.39, 0.29) is 10.6 Å². The van der Waals surface area contributed by atoms with E-state index in [0.29, 0.717) is 11.1 Å². The maximum Gasteiger partial charge on any atom is 0.286 e. The Bertz CT molecular complexity index is 1230. The topological polar surface area (TPSA) is 126 Å². The molecule has 0 spiro atoms. The molecule has 0 aliphatic rings. The summed E-state index contributed by atoms with van der Waals surface area (Å²) in [4.78, 5) is 17.3. The number of carbonyl (C=O) groups excluding carboxylic acids is 1. The molecule has 1 heterocycles. The van der Waals surface area contributed by atoms with Gasteiger partial charge in [0.2, 0.25) is 5.96 Å². The lowest BCUT2D eigenvalue weighted by Crippen LogP contribution is -2.42. The molecule has 0 radical (unpaired) electrons. The average molecular weight is 436 g/mol. The highest BCUT2D eigenvalue weighted by Gasteiger charge is 2.27. The molecule has 0 saturated heterocycles. The highest BCUT2D eigenvalue weighted by atomic mass is 32.2. The van der Waals surface area contributed by atoms with E-state index in [1.165, 1.54) is 6.20 Å². The molecule has 0 atom stereocenters. The summed E-state index contributed by atoms with van der Waals surface area (Å²) < 4.78 is 27.9. The van der Waals surface area contributed by atoms with E-state index in [4.69, 9.17) is 11.1 Å². The molecule has 0 aliphatic heterocycles. The fourth-order valence-electron chi connectivity index (χ4n) is 2.88. The predicted molar refractivity (Wildman–Crippen MR) is 119 cm³/mol. The van der Waals surface area contributed by atoms with Gasteiger partial charge in [0, 0.05) is 18.0 Å². The quantitative estimate of drug-likeness (QED) is 0.265. The largest absolute Gasteiger partial charge is 0.368 e. The summed E-state index contributed by atoms with van der Waals surface area (Å²) >= 11 is 0. The molecule has 9 heteroatoms. The van der Waals surface area contributed by atoms with Crippen molar-refractivity contribution in [2.24, 2.45) is 5.73 Å². The van der Waals surface area contributed by atoms with Crippen molar-refractivity contribution in [1.82, 2.24) is 10.0 Å². The second-order valence-electron chi connectivity index (χ2n) is 6.52. The minimum atomic E-state index is -4.11. The van der Waals surface area contributed by atoms with Crippen molar-refractivity contribution in [3.8, 4) is 11.1 Å². The maximum absolute atomic E-state index is 13.2. The molecule has 2 aromatic carbocycles. The second kappa shape index (κ2) is 9.33. The van der Waals surface area contributed by atoms with Gasteiger partial charge in [-0.2, -0.15) is 8.42 Å². The van der Waals surface area contributed by atoms with Crippen LogP contribution in [0, 0.1) is 5.41 Å². The third-order valence-electron chi connectivity index (χ3n) is 4.16. The van der Waals surface area contributed by atoms with Crippen molar-refractivity contribution < 1.29 is 17.5 Å². The number of guanidine groups is 1. The Kier molecular flexibility index (Phi) is 6.58. The summed E-state index contributed by atoms with van der Waals surface area (Å²) in [5, 5.41) is 7.86. The number of amides is 1. The Morgan fingerprint density at radius 3 is 2.35 bits per heavy atom. The Hall–Kier alpha value is -3.82. The molecule has 31 heavy (non-hydrogen) atoms. The number of carbonyl (C=O) groups is 1. The monoisotopic (exact) mass is 436 g/mol. The third-order valence-corrected chi connectivity index (χ3v) is 4.58. The van der Waals surface area contributed by atoms with Gasteiger partial charge in [-0.3, -0.25) is 15.2 Å². The SMILES string of the molecule is CS(=O)(=O)ON(C(=N)N)C(=O)/C(=C/c1ccccc1-c1ccccc1)c1cccnc1. The molecule has 1 aromatic heterocycles. The van der Waals surface area contributed by atoms with Crippen LogP contribution in [0.5, 0.6) is 0 Å². The van der Waals surface area contributed by atoms with Gasteiger partial charge in [0.05, 0.1) is 11.8 Å². The van der Waals surface area contributed by atoms with Gasteiger partial charge in [-0.25, -0.2) is 0 Å². The first-order chi connectivity index (χ1) is 14.8. The first-order valence-electron chi connectivity index (χ1n) is 9.11. The number of hydrogen-bond acceptors (Lipinski definition) is 6. The van der Waals surface area contributed by atoms with Crippen LogP contribution in [0.4, 0.5) is 0 Å². The van der Waals surface area contributed by atoms with E-state index >= 15 is 0 Å². The Labute approximate surface area is 180 Å². The fourth-order valence-corrected chi connectivity index (χ4v) is 3.30. The van der Waals surface area contributed by atoms with Crippen molar-refractivity contribution in [2.75, 3.05) is 6.26 Å². The number of nitrogens with one attached hydrogen (secondary N) is 1. The standard InChI is InChI=1S/C22H20N4O4S/c1-31(28,29)30-26(22(23)24)21(27)20(18-11-7-13-25-15-18)14-17-10-5-6-12-19(17)16-8-3-2-4-9-16/h2-15H,1H3,(H3,23,24)/b20-14+. The van der Waals surface area contributed by atoms with Crippen molar-refractivity contribution >= 4 is 33.6 Å². The molecule has 0 unspecified atom stereocenters. The van der Waals surface area contributed by atoms with Crippen molar-refractivity contribution in [2.45, 2.75) is 0 Å². The third kappa shape index (κ3) is 5.62.